The zero-order chi connectivity index (χ0) is 15.5. The molecule has 0 bridgehead atoms. The highest BCUT2D eigenvalue weighted by Crippen LogP contribution is 2.30. The van der Waals surface area contributed by atoms with Gasteiger partial charge in [0, 0.05) is 5.54 Å². The summed E-state index contributed by atoms with van der Waals surface area (Å²) >= 11 is 0. The third kappa shape index (κ3) is 3.40. The highest BCUT2D eigenvalue weighted by Gasteiger charge is 2.39. The van der Waals surface area contributed by atoms with Crippen LogP contribution in [0.3, 0.4) is 0 Å². The fraction of sp³-hybridized carbons (Fsp3) is 0.429. The summed E-state index contributed by atoms with van der Waals surface area (Å²) in [5, 5.41) is 18.7. The number of amides is 1. The molecule has 0 aliphatic heterocycles. The first-order chi connectivity index (χ1) is 9.18. The van der Waals surface area contributed by atoms with Gasteiger partial charge in [-0.15, -0.1) is 0 Å². The number of ether oxygens (including phenoxy) is 1. The highest BCUT2D eigenvalue weighted by atomic mass is 16.5. The predicted molar refractivity (Wildman–Crippen MR) is 72.5 cm³/mol. The Hall–Kier alpha value is -2.24. The van der Waals surface area contributed by atoms with Crippen molar-refractivity contribution in [2.75, 3.05) is 7.11 Å². The van der Waals surface area contributed by atoms with Crippen molar-refractivity contribution >= 4 is 12.1 Å². The second-order valence-corrected chi connectivity index (χ2v) is 5.34. The normalized spacial score (nSPS) is 12.6. The van der Waals surface area contributed by atoms with E-state index in [4.69, 9.17) is 4.74 Å². The summed E-state index contributed by atoms with van der Waals surface area (Å²) in [7, 11) is 1.21. The van der Waals surface area contributed by atoms with E-state index in [2.05, 4.69) is 0 Å². The van der Waals surface area contributed by atoms with Gasteiger partial charge in [0.05, 0.1) is 7.11 Å². The Bertz CT molecular complexity index is 489. The van der Waals surface area contributed by atoms with E-state index in [-0.39, 0.29) is 5.75 Å². The molecule has 1 aromatic rings. The van der Waals surface area contributed by atoms with E-state index < -0.39 is 23.6 Å². The van der Waals surface area contributed by atoms with Crippen LogP contribution in [0.5, 0.6) is 5.75 Å². The van der Waals surface area contributed by atoms with E-state index in [1.807, 2.05) is 0 Å². The molecule has 0 saturated heterocycles. The lowest BCUT2D eigenvalue weighted by Crippen LogP contribution is -2.49. The van der Waals surface area contributed by atoms with Gasteiger partial charge in [0.1, 0.15) is 5.75 Å². The van der Waals surface area contributed by atoms with Gasteiger partial charge < -0.3 is 14.9 Å². The van der Waals surface area contributed by atoms with Crippen molar-refractivity contribution in [3.05, 3.63) is 29.8 Å². The fourth-order valence-corrected chi connectivity index (χ4v) is 1.94. The summed E-state index contributed by atoms with van der Waals surface area (Å²) in [6.45, 7) is 5.08. The largest absolute Gasteiger partial charge is 0.508 e. The summed E-state index contributed by atoms with van der Waals surface area (Å²) in [4.78, 5) is 24.6. The van der Waals surface area contributed by atoms with Crippen molar-refractivity contribution in [2.24, 2.45) is 0 Å². The van der Waals surface area contributed by atoms with Gasteiger partial charge in [0.25, 0.3) is 0 Å². The van der Waals surface area contributed by atoms with Crippen molar-refractivity contribution < 1.29 is 24.5 Å². The van der Waals surface area contributed by atoms with Crippen LogP contribution in [0.15, 0.2) is 24.3 Å². The molecule has 2 N–H and O–H groups in total. The molecule has 0 aromatic heterocycles. The zero-order valence-electron chi connectivity index (χ0n) is 12.0. The highest BCUT2D eigenvalue weighted by molar-refractivity contribution is 5.82. The van der Waals surface area contributed by atoms with E-state index in [1.54, 1.807) is 20.8 Å². The van der Waals surface area contributed by atoms with Crippen LogP contribution in [0.2, 0.25) is 0 Å². The van der Waals surface area contributed by atoms with Crippen molar-refractivity contribution in [2.45, 2.75) is 32.4 Å². The third-order valence-corrected chi connectivity index (χ3v) is 2.82. The monoisotopic (exact) mass is 281 g/mol. The number of aromatic hydroxyl groups is 1. The molecule has 1 amide bonds. The molecular formula is C14H19NO5. The minimum absolute atomic E-state index is 0.0370. The molecule has 1 atom stereocenters. The number of esters is 1. The van der Waals surface area contributed by atoms with Gasteiger partial charge in [0.2, 0.25) is 0 Å². The average molecular weight is 281 g/mol. The summed E-state index contributed by atoms with van der Waals surface area (Å²) in [6.07, 6.45) is -1.22. The Kier molecular flexibility index (Phi) is 4.60. The van der Waals surface area contributed by atoms with Gasteiger partial charge in [-0.3, -0.25) is 4.90 Å². The van der Waals surface area contributed by atoms with Crippen LogP contribution >= 0.6 is 0 Å². The fourth-order valence-electron chi connectivity index (χ4n) is 1.94. The molecule has 0 aliphatic carbocycles. The Morgan fingerprint density at radius 2 is 1.70 bits per heavy atom. The maximum atomic E-state index is 12.0. The number of carbonyl (C=O) groups is 2. The molecule has 1 aromatic carbocycles. The average Bonchev–Trinajstić information content (AvgIpc) is 2.34. The number of benzene rings is 1. The minimum Gasteiger partial charge on any atom is -0.508 e. The molecule has 0 heterocycles. The van der Waals surface area contributed by atoms with E-state index in [0.29, 0.717) is 5.56 Å². The van der Waals surface area contributed by atoms with Crippen molar-refractivity contribution in [1.29, 1.82) is 0 Å². The molecular weight excluding hydrogens is 262 g/mol. The number of phenolic OH excluding ortho intramolecular Hbond substituents is 1. The lowest BCUT2D eigenvalue weighted by Gasteiger charge is -2.38. The van der Waals surface area contributed by atoms with Crippen LogP contribution in [0.4, 0.5) is 4.79 Å². The first-order valence-corrected chi connectivity index (χ1v) is 6.07. The maximum absolute atomic E-state index is 12.0. The van der Waals surface area contributed by atoms with Crippen molar-refractivity contribution in [3.8, 4) is 5.75 Å². The first-order valence-electron chi connectivity index (χ1n) is 6.07. The number of rotatable bonds is 3. The maximum Gasteiger partial charge on any atom is 0.408 e. The van der Waals surface area contributed by atoms with Crippen LogP contribution < -0.4 is 0 Å². The molecule has 1 rings (SSSR count). The van der Waals surface area contributed by atoms with E-state index in [1.165, 1.54) is 31.4 Å². The lowest BCUT2D eigenvalue weighted by atomic mass is 9.98. The number of nitrogens with zero attached hydrogens (tertiary/aromatic N) is 1. The number of carboxylic acid groups (broad SMARTS) is 1. The Labute approximate surface area is 117 Å². The summed E-state index contributed by atoms with van der Waals surface area (Å²) in [5.41, 5.74) is -0.352. The van der Waals surface area contributed by atoms with Crippen LogP contribution in [0, 0.1) is 0 Å². The molecule has 0 fully saturated rings. The van der Waals surface area contributed by atoms with Gasteiger partial charge in [-0.05, 0) is 38.5 Å². The van der Waals surface area contributed by atoms with Crippen LogP contribution in [0.1, 0.15) is 32.4 Å². The summed E-state index contributed by atoms with van der Waals surface area (Å²) in [5.74, 6) is -0.636. The Balaban J connectivity index is 3.34. The number of methoxy groups -OCH3 is 1. The van der Waals surface area contributed by atoms with E-state index in [9.17, 15) is 19.8 Å². The predicted octanol–water partition coefficient (Wildman–Crippen LogP) is 2.38. The van der Waals surface area contributed by atoms with Crippen LogP contribution in [-0.4, -0.2) is 39.8 Å². The number of carbonyl (C=O) groups excluding carboxylic acids is 1. The quantitative estimate of drug-likeness (QED) is 0.831. The smallest absolute Gasteiger partial charge is 0.408 e. The van der Waals surface area contributed by atoms with Crippen molar-refractivity contribution in [3.63, 3.8) is 0 Å². The molecule has 6 nitrogen and oxygen atoms in total. The van der Waals surface area contributed by atoms with Crippen LogP contribution in [-0.2, 0) is 9.53 Å². The SMILES string of the molecule is COC(=O)C(c1ccc(O)cc1)N(C(=O)O)C(C)(C)C. The molecule has 0 radical (unpaired) electrons. The molecule has 110 valence electrons. The summed E-state index contributed by atoms with van der Waals surface area (Å²) in [6, 6.07) is 4.71. The molecule has 0 saturated carbocycles. The number of phenols is 1. The second kappa shape index (κ2) is 5.81. The molecule has 1 unspecified atom stereocenters. The second-order valence-electron chi connectivity index (χ2n) is 5.34. The topological polar surface area (TPSA) is 87.1 Å². The molecule has 0 spiro atoms. The van der Waals surface area contributed by atoms with Crippen LogP contribution in [0.25, 0.3) is 0 Å². The molecule has 0 aliphatic rings. The van der Waals surface area contributed by atoms with Crippen molar-refractivity contribution in [1.82, 2.24) is 4.90 Å². The Morgan fingerprint density at radius 1 is 1.20 bits per heavy atom. The van der Waals surface area contributed by atoms with Gasteiger partial charge in [0.15, 0.2) is 6.04 Å². The minimum atomic E-state index is -1.22. The zero-order valence-corrected chi connectivity index (χ0v) is 12.0. The standard InChI is InChI=1S/C14H19NO5/c1-14(2,3)15(13(18)19)11(12(17)20-4)9-5-7-10(16)8-6-9/h5-8,11,16H,1-4H3,(H,18,19). The first kappa shape index (κ1) is 15.8. The van der Waals surface area contributed by atoms with Gasteiger partial charge in [-0.25, -0.2) is 9.59 Å². The third-order valence-electron chi connectivity index (χ3n) is 2.82. The van der Waals surface area contributed by atoms with E-state index >= 15 is 0 Å². The van der Waals surface area contributed by atoms with Gasteiger partial charge in [-0.1, -0.05) is 12.1 Å². The summed E-state index contributed by atoms with van der Waals surface area (Å²) < 4.78 is 4.72. The number of hydrogen-bond donors (Lipinski definition) is 2. The molecule has 6 heteroatoms. The molecule has 20 heavy (non-hydrogen) atoms. The number of hydrogen-bond acceptors (Lipinski definition) is 4. The Morgan fingerprint density at radius 3 is 2.05 bits per heavy atom. The van der Waals surface area contributed by atoms with Gasteiger partial charge >= 0.3 is 12.1 Å². The lowest BCUT2D eigenvalue weighted by molar-refractivity contribution is -0.148. The van der Waals surface area contributed by atoms with E-state index in [0.717, 1.165) is 4.90 Å². The van der Waals surface area contributed by atoms with Gasteiger partial charge in [-0.2, -0.15) is 0 Å².